The van der Waals surface area contributed by atoms with Gasteiger partial charge in [0.05, 0.1) is 13.2 Å². The first kappa shape index (κ1) is 15.4. The van der Waals surface area contributed by atoms with E-state index in [1.54, 1.807) is 0 Å². The van der Waals surface area contributed by atoms with Crippen molar-refractivity contribution in [3.8, 4) is 0 Å². The molecule has 0 bridgehead atoms. The van der Waals surface area contributed by atoms with E-state index in [-0.39, 0.29) is 0 Å². The van der Waals surface area contributed by atoms with Crippen molar-refractivity contribution in [2.45, 2.75) is 18.5 Å². The fourth-order valence-electron chi connectivity index (χ4n) is 0.499. The number of hydrogen-bond acceptors (Lipinski definition) is 2. The average molecular weight is 262 g/mol. The van der Waals surface area contributed by atoms with Gasteiger partial charge in [-0.2, -0.15) is 35.1 Å². The summed E-state index contributed by atoms with van der Waals surface area (Å²) in [6, 6.07) is 0. The molecule has 0 fully saturated rings. The van der Waals surface area contributed by atoms with Crippen LogP contribution in [0.3, 0.4) is 0 Å². The van der Waals surface area contributed by atoms with Crippen LogP contribution in [0.1, 0.15) is 0 Å². The van der Waals surface area contributed by atoms with Gasteiger partial charge in [-0.05, 0) is 0 Å². The third-order valence-corrected chi connectivity index (χ3v) is 1.11. The van der Waals surface area contributed by atoms with Crippen molar-refractivity contribution in [3.63, 3.8) is 0 Å². The van der Waals surface area contributed by atoms with Crippen LogP contribution in [0.2, 0.25) is 0 Å². The minimum absolute atomic E-state index is 1.02. The topological polar surface area (TPSA) is 18.5 Å². The lowest BCUT2D eigenvalue weighted by atomic mass is 10.6. The molecule has 0 atom stereocenters. The molecule has 0 rings (SSSR count). The lowest BCUT2D eigenvalue weighted by Gasteiger charge is -2.19. The molecule has 98 valence electrons. The Hall–Kier alpha value is -0.640. The van der Waals surface area contributed by atoms with Gasteiger partial charge in [0.15, 0.2) is 0 Å². The van der Waals surface area contributed by atoms with E-state index >= 15 is 0 Å². The summed E-state index contributed by atoms with van der Waals surface area (Å²) in [4.78, 5) is 0. The Morgan fingerprint density at radius 2 is 1.25 bits per heavy atom. The molecule has 0 aliphatic rings. The van der Waals surface area contributed by atoms with Gasteiger partial charge in [-0.3, -0.25) is 0 Å². The average Bonchev–Trinajstić information content (AvgIpc) is 1.98. The monoisotopic (exact) mass is 262 g/mol. The molecule has 0 radical (unpaired) electrons. The van der Waals surface area contributed by atoms with Crippen LogP contribution in [0.5, 0.6) is 0 Å². The van der Waals surface area contributed by atoms with Gasteiger partial charge in [0.25, 0.3) is 0 Å². The molecule has 0 unspecified atom stereocenters. The molecule has 0 aliphatic carbocycles. The maximum Gasteiger partial charge on any atom is 0.482 e. The predicted molar refractivity (Wildman–Crippen MR) is 33.8 cm³/mol. The molecule has 0 aromatic rings. The standard InChI is InChI=1S/C6H6F8O2/c7-4(8,9)3-15-1-2-16-6(13,14)5(10,11)12/h1-3H2. The van der Waals surface area contributed by atoms with Crippen LogP contribution in [-0.4, -0.2) is 38.3 Å². The van der Waals surface area contributed by atoms with Crippen molar-refractivity contribution in [2.24, 2.45) is 0 Å². The molecule has 16 heavy (non-hydrogen) atoms. The molecule has 0 saturated carbocycles. The highest BCUT2D eigenvalue weighted by atomic mass is 19.4. The van der Waals surface area contributed by atoms with E-state index in [1.807, 2.05) is 0 Å². The van der Waals surface area contributed by atoms with Gasteiger partial charge < -0.3 is 9.47 Å². The highest BCUT2D eigenvalue weighted by Crippen LogP contribution is 2.36. The molecule has 10 heteroatoms. The predicted octanol–water partition coefficient (Wildman–Crippen LogP) is 2.74. The molecule has 0 aliphatic heterocycles. The second-order valence-electron chi connectivity index (χ2n) is 2.53. The van der Waals surface area contributed by atoms with Gasteiger partial charge in [-0.1, -0.05) is 0 Å². The summed E-state index contributed by atoms with van der Waals surface area (Å²) in [5.41, 5.74) is 0. The summed E-state index contributed by atoms with van der Waals surface area (Å²) in [7, 11) is 0. The fraction of sp³-hybridized carbons (Fsp3) is 1.00. The Morgan fingerprint density at radius 1 is 0.750 bits per heavy atom. The molecule has 0 amide bonds. The first-order valence-corrected chi connectivity index (χ1v) is 3.69. The summed E-state index contributed by atoms with van der Waals surface area (Å²) in [6.45, 7) is -4.07. The number of ether oxygens (including phenoxy) is 2. The summed E-state index contributed by atoms with van der Waals surface area (Å²) in [6.07, 6.45) is -16.0. The Bertz CT molecular complexity index is 208. The quantitative estimate of drug-likeness (QED) is 0.560. The van der Waals surface area contributed by atoms with Gasteiger partial charge in [-0.25, -0.2) is 0 Å². The molecule has 0 aromatic heterocycles. The Labute approximate surface area is 84.1 Å². The zero-order chi connectivity index (χ0) is 13.0. The van der Waals surface area contributed by atoms with Crippen LogP contribution < -0.4 is 0 Å². The van der Waals surface area contributed by atoms with E-state index in [2.05, 4.69) is 9.47 Å². The summed E-state index contributed by atoms with van der Waals surface area (Å²) < 4.78 is 99.3. The molecule has 2 nitrogen and oxygen atoms in total. The third kappa shape index (κ3) is 6.05. The van der Waals surface area contributed by atoms with Crippen molar-refractivity contribution < 1.29 is 44.6 Å². The van der Waals surface area contributed by atoms with Gasteiger partial charge in [0.1, 0.15) is 6.61 Å². The highest BCUT2D eigenvalue weighted by molar-refractivity contribution is 4.63. The molecular weight excluding hydrogens is 256 g/mol. The smallest absolute Gasteiger partial charge is 0.370 e. The van der Waals surface area contributed by atoms with Crippen molar-refractivity contribution >= 4 is 0 Å². The van der Waals surface area contributed by atoms with Crippen LogP contribution in [0, 0.1) is 0 Å². The second-order valence-corrected chi connectivity index (χ2v) is 2.53. The largest absolute Gasteiger partial charge is 0.482 e. The van der Waals surface area contributed by atoms with Gasteiger partial charge >= 0.3 is 18.5 Å². The number of hydrogen-bond donors (Lipinski definition) is 0. The van der Waals surface area contributed by atoms with Gasteiger partial charge in [-0.15, -0.1) is 0 Å². The SMILES string of the molecule is FC(F)(F)COCCOC(F)(F)C(F)(F)F. The molecule has 0 saturated heterocycles. The molecular formula is C6H6F8O2. The summed E-state index contributed by atoms with van der Waals surface area (Å²) in [5, 5.41) is 0. The Kier molecular flexibility index (Phi) is 4.92. The van der Waals surface area contributed by atoms with E-state index < -0.39 is 38.3 Å². The van der Waals surface area contributed by atoms with Crippen LogP contribution in [0.15, 0.2) is 0 Å². The van der Waals surface area contributed by atoms with Crippen LogP contribution in [0.25, 0.3) is 0 Å². The Morgan fingerprint density at radius 3 is 1.62 bits per heavy atom. The van der Waals surface area contributed by atoms with Crippen LogP contribution in [-0.2, 0) is 9.47 Å². The molecule has 0 aromatic carbocycles. The van der Waals surface area contributed by atoms with Crippen molar-refractivity contribution in [1.29, 1.82) is 0 Å². The Balaban J connectivity index is 3.75. The summed E-state index contributed by atoms with van der Waals surface area (Å²) in [5.74, 6) is 0. The summed E-state index contributed by atoms with van der Waals surface area (Å²) >= 11 is 0. The van der Waals surface area contributed by atoms with Crippen LogP contribution in [0.4, 0.5) is 35.1 Å². The van der Waals surface area contributed by atoms with E-state index in [4.69, 9.17) is 0 Å². The van der Waals surface area contributed by atoms with Crippen LogP contribution >= 0.6 is 0 Å². The number of rotatable bonds is 5. The minimum atomic E-state index is -5.91. The lowest BCUT2D eigenvalue weighted by molar-refractivity contribution is -0.392. The number of alkyl halides is 8. The molecule has 0 N–H and O–H groups in total. The van der Waals surface area contributed by atoms with Crippen molar-refractivity contribution in [1.82, 2.24) is 0 Å². The van der Waals surface area contributed by atoms with Crippen molar-refractivity contribution in [2.75, 3.05) is 19.8 Å². The van der Waals surface area contributed by atoms with Gasteiger partial charge in [0.2, 0.25) is 0 Å². The van der Waals surface area contributed by atoms with E-state index in [0.29, 0.717) is 0 Å². The highest BCUT2D eigenvalue weighted by Gasteiger charge is 2.59. The number of halogens is 8. The fourth-order valence-corrected chi connectivity index (χ4v) is 0.499. The van der Waals surface area contributed by atoms with E-state index in [9.17, 15) is 35.1 Å². The van der Waals surface area contributed by atoms with Gasteiger partial charge in [0, 0.05) is 0 Å². The minimum Gasteiger partial charge on any atom is -0.370 e. The first-order valence-electron chi connectivity index (χ1n) is 3.69. The second kappa shape index (κ2) is 5.13. The van der Waals surface area contributed by atoms with E-state index in [1.165, 1.54) is 0 Å². The third-order valence-electron chi connectivity index (χ3n) is 1.11. The van der Waals surface area contributed by atoms with Crippen molar-refractivity contribution in [3.05, 3.63) is 0 Å². The zero-order valence-electron chi connectivity index (χ0n) is 7.46. The maximum absolute atomic E-state index is 12.0. The molecule has 0 spiro atoms. The first-order chi connectivity index (χ1) is 6.96. The molecule has 0 heterocycles. The maximum atomic E-state index is 12.0. The van der Waals surface area contributed by atoms with E-state index in [0.717, 1.165) is 0 Å². The lowest BCUT2D eigenvalue weighted by Crippen LogP contribution is -2.40. The zero-order valence-corrected chi connectivity index (χ0v) is 7.46. The normalized spacial score (nSPS) is 14.2.